The van der Waals surface area contributed by atoms with E-state index in [1.54, 1.807) is 19.1 Å². The molecule has 0 amide bonds. The minimum atomic E-state index is -2.82. The molecule has 0 bridgehead atoms. The van der Waals surface area contributed by atoms with Crippen molar-refractivity contribution in [3.63, 3.8) is 0 Å². The molecular formula is C13H17F2N3OS. The molecule has 0 aliphatic heterocycles. The van der Waals surface area contributed by atoms with Gasteiger partial charge in [0.1, 0.15) is 5.75 Å². The van der Waals surface area contributed by atoms with Crippen LogP contribution in [0.3, 0.4) is 0 Å². The summed E-state index contributed by atoms with van der Waals surface area (Å²) < 4.78 is 28.3. The van der Waals surface area contributed by atoms with Gasteiger partial charge in [-0.25, -0.2) is 0 Å². The molecule has 0 aliphatic rings. The van der Waals surface area contributed by atoms with E-state index in [0.29, 0.717) is 10.8 Å². The third-order valence-corrected chi connectivity index (χ3v) is 2.45. The monoisotopic (exact) mass is 301 g/mol. The minimum absolute atomic E-state index is 0.113. The lowest BCUT2D eigenvalue weighted by Crippen LogP contribution is -2.37. The van der Waals surface area contributed by atoms with E-state index in [9.17, 15) is 8.78 Å². The Balaban J connectivity index is 2.62. The fourth-order valence-corrected chi connectivity index (χ4v) is 1.65. The first-order chi connectivity index (χ1) is 9.38. The molecule has 0 saturated carbocycles. The van der Waals surface area contributed by atoms with E-state index in [1.807, 2.05) is 13.8 Å². The number of hydrazone groups is 1. The molecule has 4 nitrogen and oxygen atoms in total. The highest BCUT2D eigenvalue weighted by Gasteiger charge is 2.05. The topological polar surface area (TPSA) is 45.7 Å². The Labute approximate surface area is 122 Å². The summed E-state index contributed by atoms with van der Waals surface area (Å²) in [6, 6.07) is 6.45. The maximum atomic E-state index is 12.0. The Kier molecular flexibility index (Phi) is 6.30. The van der Waals surface area contributed by atoms with Gasteiger partial charge in [-0.05, 0) is 62.8 Å². The largest absolute Gasteiger partial charge is 0.435 e. The second-order valence-corrected chi connectivity index (χ2v) is 4.75. The molecule has 0 fully saturated rings. The van der Waals surface area contributed by atoms with Crippen LogP contribution in [0.15, 0.2) is 29.4 Å². The molecule has 0 heterocycles. The molecule has 7 heteroatoms. The van der Waals surface area contributed by atoms with Crippen molar-refractivity contribution in [3.8, 4) is 5.75 Å². The summed E-state index contributed by atoms with van der Waals surface area (Å²) in [5.41, 5.74) is 4.18. The number of halogens is 2. The van der Waals surface area contributed by atoms with E-state index in [4.69, 9.17) is 12.2 Å². The van der Waals surface area contributed by atoms with Gasteiger partial charge in [0, 0.05) is 6.04 Å². The first kappa shape index (κ1) is 16.3. The molecule has 1 rings (SSSR count). The van der Waals surface area contributed by atoms with E-state index in [0.717, 1.165) is 5.56 Å². The average molecular weight is 301 g/mol. The normalized spacial score (nSPS) is 11.7. The first-order valence-electron chi connectivity index (χ1n) is 6.04. The van der Waals surface area contributed by atoms with Crippen molar-refractivity contribution < 1.29 is 13.5 Å². The van der Waals surface area contributed by atoms with Crippen LogP contribution in [0.2, 0.25) is 0 Å². The molecule has 20 heavy (non-hydrogen) atoms. The van der Waals surface area contributed by atoms with Crippen LogP contribution >= 0.6 is 12.2 Å². The smallest absolute Gasteiger partial charge is 0.387 e. The van der Waals surface area contributed by atoms with Crippen molar-refractivity contribution in [3.05, 3.63) is 29.8 Å². The highest BCUT2D eigenvalue weighted by atomic mass is 32.1. The summed E-state index contributed by atoms with van der Waals surface area (Å²) in [6.07, 6.45) is 0. The van der Waals surface area contributed by atoms with E-state index < -0.39 is 6.61 Å². The predicted octanol–water partition coefficient (Wildman–Crippen LogP) is 2.88. The number of rotatable bonds is 5. The second kappa shape index (κ2) is 7.74. The lowest BCUT2D eigenvalue weighted by Gasteiger charge is -2.10. The van der Waals surface area contributed by atoms with Gasteiger partial charge in [-0.2, -0.15) is 13.9 Å². The maximum Gasteiger partial charge on any atom is 0.387 e. The summed E-state index contributed by atoms with van der Waals surface area (Å²) in [5, 5.41) is 7.53. The number of benzene rings is 1. The SMILES string of the molecule is C/C(=N/NC(=S)NC(C)C)c1ccc(OC(F)F)cc1. The Morgan fingerprint density at radius 3 is 2.35 bits per heavy atom. The minimum Gasteiger partial charge on any atom is -0.435 e. The lowest BCUT2D eigenvalue weighted by molar-refractivity contribution is -0.0498. The number of hydrogen-bond donors (Lipinski definition) is 2. The van der Waals surface area contributed by atoms with Crippen LogP contribution in [-0.4, -0.2) is 23.5 Å². The van der Waals surface area contributed by atoms with Gasteiger partial charge >= 0.3 is 6.61 Å². The van der Waals surface area contributed by atoms with E-state index in [1.165, 1.54) is 12.1 Å². The molecule has 0 aliphatic carbocycles. The molecule has 0 radical (unpaired) electrons. The van der Waals surface area contributed by atoms with Crippen LogP contribution in [0.5, 0.6) is 5.75 Å². The number of thiocarbonyl (C=S) groups is 1. The molecule has 0 atom stereocenters. The third kappa shape index (κ3) is 5.92. The van der Waals surface area contributed by atoms with Gasteiger partial charge in [0.25, 0.3) is 0 Å². The Morgan fingerprint density at radius 1 is 1.25 bits per heavy atom. The fraction of sp³-hybridized carbons (Fsp3) is 0.385. The zero-order valence-electron chi connectivity index (χ0n) is 11.5. The summed E-state index contributed by atoms with van der Waals surface area (Å²) in [7, 11) is 0. The van der Waals surface area contributed by atoms with Gasteiger partial charge in [-0.1, -0.05) is 0 Å². The molecule has 1 aromatic carbocycles. The molecule has 2 N–H and O–H groups in total. The standard InChI is InChI=1S/C13H17F2N3OS/c1-8(2)16-13(20)18-17-9(3)10-4-6-11(7-5-10)19-12(14)15/h4-8,12H,1-3H3,(H2,16,18,20)/b17-9-. The molecule has 0 aromatic heterocycles. The number of ether oxygens (including phenoxy) is 1. The van der Waals surface area contributed by atoms with Crippen molar-refractivity contribution >= 4 is 23.0 Å². The van der Waals surface area contributed by atoms with Crippen molar-refractivity contribution in [1.29, 1.82) is 0 Å². The number of nitrogens with zero attached hydrogens (tertiary/aromatic N) is 1. The van der Waals surface area contributed by atoms with Crippen LogP contribution in [0.4, 0.5) is 8.78 Å². The lowest BCUT2D eigenvalue weighted by atomic mass is 10.1. The van der Waals surface area contributed by atoms with Gasteiger partial charge < -0.3 is 10.1 Å². The van der Waals surface area contributed by atoms with Crippen LogP contribution in [0, 0.1) is 0 Å². The molecule has 110 valence electrons. The molecule has 0 unspecified atom stereocenters. The van der Waals surface area contributed by atoms with Gasteiger partial charge in [-0.15, -0.1) is 0 Å². The Bertz CT molecular complexity index is 475. The molecule has 0 spiro atoms. The quantitative estimate of drug-likeness (QED) is 0.499. The highest BCUT2D eigenvalue weighted by Crippen LogP contribution is 2.15. The van der Waals surface area contributed by atoms with E-state index >= 15 is 0 Å². The van der Waals surface area contributed by atoms with Crippen molar-refractivity contribution in [2.75, 3.05) is 0 Å². The zero-order valence-corrected chi connectivity index (χ0v) is 12.3. The first-order valence-corrected chi connectivity index (χ1v) is 6.45. The van der Waals surface area contributed by atoms with E-state index in [2.05, 4.69) is 20.6 Å². The summed E-state index contributed by atoms with van der Waals surface area (Å²) in [4.78, 5) is 0. The van der Waals surface area contributed by atoms with Gasteiger partial charge in [-0.3, -0.25) is 5.43 Å². The maximum absolute atomic E-state index is 12.0. The van der Waals surface area contributed by atoms with Gasteiger partial charge in [0.2, 0.25) is 0 Å². The van der Waals surface area contributed by atoms with Crippen LogP contribution < -0.4 is 15.5 Å². The third-order valence-electron chi connectivity index (χ3n) is 2.24. The van der Waals surface area contributed by atoms with Crippen molar-refractivity contribution in [1.82, 2.24) is 10.7 Å². The van der Waals surface area contributed by atoms with Gasteiger partial charge in [0.15, 0.2) is 5.11 Å². The zero-order chi connectivity index (χ0) is 15.1. The average Bonchev–Trinajstić information content (AvgIpc) is 2.35. The predicted molar refractivity (Wildman–Crippen MR) is 79.3 cm³/mol. The Morgan fingerprint density at radius 2 is 1.85 bits per heavy atom. The van der Waals surface area contributed by atoms with E-state index in [-0.39, 0.29) is 11.8 Å². The number of alkyl halides is 2. The fourth-order valence-electron chi connectivity index (χ4n) is 1.37. The Hall–Kier alpha value is -1.76. The van der Waals surface area contributed by atoms with Crippen molar-refractivity contribution in [2.24, 2.45) is 5.10 Å². The molecule has 0 saturated heterocycles. The summed E-state index contributed by atoms with van der Waals surface area (Å²) in [5.74, 6) is 0.113. The van der Waals surface area contributed by atoms with Gasteiger partial charge in [0.05, 0.1) is 5.71 Å². The van der Waals surface area contributed by atoms with Crippen LogP contribution in [-0.2, 0) is 0 Å². The summed E-state index contributed by atoms with van der Waals surface area (Å²) in [6.45, 7) is 2.89. The number of hydrogen-bond acceptors (Lipinski definition) is 3. The molecule has 1 aromatic rings. The van der Waals surface area contributed by atoms with Crippen LogP contribution in [0.25, 0.3) is 0 Å². The summed E-state index contributed by atoms with van der Waals surface area (Å²) >= 11 is 5.03. The second-order valence-electron chi connectivity index (χ2n) is 4.34. The van der Waals surface area contributed by atoms with Crippen molar-refractivity contribution in [2.45, 2.75) is 33.4 Å². The highest BCUT2D eigenvalue weighted by molar-refractivity contribution is 7.80. The van der Waals surface area contributed by atoms with Crippen LogP contribution in [0.1, 0.15) is 26.3 Å². The molecular weight excluding hydrogens is 284 g/mol. The number of nitrogens with one attached hydrogen (secondary N) is 2.